The number of rotatable bonds is 12. The molecule has 3 aliphatic heterocycles. The topological polar surface area (TPSA) is 136 Å². The smallest absolute Gasteiger partial charge is 0.266 e. The number of carbonyl (C=O) groups excluding carboxylic acids is 6. The second kappa shape index (κ2) is 20.8. The fourth-order valence-corrected chi connectivity index (χ4v) is 16.9. The molecule has 11 aromatic rings. The molecule has 0 aromatic heterocycles. The molecular formula is C83H68N4O6. The lowest BCUT2D eigenvalue weighted by atomic mass is 9.67. The van der Waals surface area contributed by atoms with Crippen LogP contribution in [0.5, 0.6) is 0 Å². The Morgan fingerprint density at radius 1 is 0.344 bits per heavy atom. The van der Waals surface area contributed by atoms with E-state index in [1.807, 2.05) is 146 Å². The van der Waals surface area contributed by atoms with Gasteiger partial charge in [-0.05, 0) is 184 Å². The van der Waals surface area contributed by atoms with Crippen molar-refractivity contribution in [2.75, 3.05) is 14.7 Å². The molecule has 10 nitrogen and oxygen atoms in total. The molecule has 10 heteroatoms. The van der Waals surface area contributed by atoms with Gasteiger partial charge >= 0.3 is 0 Å². The van der Waals surface area contributed by atoms with Crippen molar-refractivity contribution in [3.05, 3.63) is 241 Å². The predicted octanol–water partition coefficient (Wildman–Crippen LogP) is 19.5. The summed E-state index contributed by atoms with van der Waals surface area (Å²) in [6, 6.07) is 49.7. The molecule has 6 amide bonds. The van der Waals surface area contributed by atoms with Crippen LogP contribution in [0.2, 0.25) is 0 Å². The van der Waals surface area contributed by atoms with Gasteiger partial charge in [-0.15, -0.1) is 0 Å². The molecule has 0 saturated carbocycles. The molecule has 4 atom stereocenters. The number of benzene rings is 11. The Bertz CT molecular complexity index is 5230. The van der Waals surface area contributed by atoms with Gasteiger partial charge < -0.3 is 0 Å². The highest BCUT2D eigenvalue weighted by atomic mass is 16.2. The minimum atomic E-state index is -0.683. The van der Waals surface area contributed by atoms with Crippen LogP contribution in [0, 0.1) is 11.3 Å². The zero-order chi connectivity index (χ0) is 64.6. The summed E-state index contributed by atoms with van der Waals surface area (Å²) in [6.45, 7) is 21.0. The fourth-order valence-electron chi connectivity index (χ4n) is 16.9. The maximum absolute atomic E-state index is 15.7. The van der Waals surface area contributed by atoms with Gasteiger partial charge in [0.05, 0.1) is 34.6 Å². The van der Waals surface area contributed by atoms with Crippen LogP contribution in [-0.4, -0.2) is 35.4 Å². The second-order valence-corrected chi connectivity index (χ2v) is 27.7. The number of carbonyl (C=O) groups is 6. The third-order valence-corrected chi connectivity index (χ3v) is 21.3. The average molecular weight is 1220 g/mol. The van der Waals surface area contributed by atoms with Crippen molar-refractivity contribution in [1.82, 2.24) is 0 Å². The molecule has 0 saturated heterocycles. The molecule has 0 N–H and O–H groups in total. The lowest BCUT2D eigenvalue weighted by Crippen LogP contribution is -2.47. The standard InChI is InChI=1S/C83H68N4O6/c1-40(2)47-15-11-16-48(41(3)4)75(47)85-78(88)62-35-29-58-60-31-37-66-74-67(38-32-61(71(60)74)59-30-36-63(79(85)89)73(62)70(58)59)83(93)87(82(66)92)77-50(43(7)8)18-13-20-52(77)45(10)24-23-44(9)51-19-12-17-49(42(5)6)76(51)86-80(90)64-33-27-56-54-22-14-21-53-46(39-84)25-26-55(68(53)54)57-28-34-65(81(86)91)72(64)69(56)57/h11-22,25-38,40-45,58,62H,23-24H2,1-10H3. The Kier molecular flexibility index (Phi) is 12.9. The van der Waals surface area contributed by atoms with Crippen molar-refractivity contribution in [3.63, 3.8) is 0 Å². The summed E-state index contributed by atoms with van der Waals surface area (Å²) < 4.78 is 0. The quantitative estimate of drug-likeness (QED) is 0.0514. The molecule has 93 heavy (non-hydrogen) atoms. The number of nitriles is 1. The normalized spacial score (nSPS) is 17.1. The number of amides is 6. The number of para-hydroxylation sites is 3. The monoisotopic (exact) mass is 1220 g/mol. The summed E-state index contributed by atoms with van der Waals surface area (Å²) in [5.74, 6) is -3.40. The molecule has 4 unspecified atom stereocenters. The second-order valence-electron chi connectivity index (χ2n) is 27.7. The van der Waals surface area contributed by atoms with Crippen LogP contribution in [0.3, 0.4) is 0 Å². The Labute approximate surface area is 540 Å². The largest absolute Gasteiger partial charge is 0.273 e. The summed E-state index contributed by atoms with van der Waals surface area (Å²) in [5.41, 5.74) is 14.5. The number of nitrogens with zero attached hydrogens (tertiary/aromatic N) is 4. The maximum Gasteiger partial charge on any atom is 0.266 e. The van der Waals surface area contributed by atoms with E-state index in [1.54, 1.807) is 0 Å². The number of hydrogen-bond acceptors (Lipinski definition) is 7. The minimum Gasteiger partial charge on any atom is -0.273 e. The van der Waals surface area contributed by atoms with E-state index >= 15 is 28.8 Å². The first kappa shape index (κ1) is 57.8. The first-order valence-corrected chi connectivity index (χ1v) is 32.9. The SMILES string of the molecule is CC(C)c1cccc(C(C)C)c1N1C(=O)c2ccc3c4c2C(C=CC4c2ccc4c5c(ccc-3c25)C(=O)N(c2c(C(C)C)cccc2C(C)CCC(C)c2cccc(C(C)C)c2N2C(=O)c3ccc5c6cccc7c(C#N)ccc(c8ccc(c3c58)C2=O)c76)C4=O)C1=O. The van der Waals surface area contributed by atoms with Crippen LogP contribution >= 0.6 is 0 Å². The third kappa shape index (κ3) is 7.92. The minimum absolute atomic E-state index is 0.0344. The Morgan fingerprint density at radius 3 is 1.23 bits per heavy atom. The van der Waals surface area contributed by atoms with E-state index in [9.17, 15) is 5.26 Å². The first-order valence-electron chi connectivity index (χ1n) is 32.9. The van der Waals surface area contributed by atoms with Crippen molar-refractivity contribution in [1.29, 1.82) is 5.26 Å². The molecule has 0 radical (unpaired) electrons. The number of imide groups is 3. The number of fused-ring (bicyclic) bond motifs is 4. The molecule has 16 rings (SSSR count). The molecular weight excluding hydrogens is 1150 g/mol. The highest BCUT2D eigenvalue weighted by Gasteiger charge is 2.48. The Hall–Kier alpha value is -10.4. The Morgan fingerprint density at radius 2 is 0.710 bits per heavy atom. The number of hydrogen-bond donors (Lipinski definition) is 0. The highest BCUT2D eigenvalue weighted by molar-refractivity contribution is 6.43. The summed E-state index contributed by atoms with van der Waals surface area (Å²) in [7, 11) is 0. The van der Waals surface area contributed by atoms with Crippen molar-refractivity contribution in [2.24, 2.45) is 0 Å². The van der Waals surface area contributed by atoms with Crippen molar-refractivity contribution in [2.45, 2.75) is 129 Å². The zero-order valence-electron chi connectivity index (χ0n) is 53.8. The van der Waals surface area contributed by atoms with Crippen LogP contribution in [0.25, 0.3) is 65.0 Å². The number of allylic oxidation sites excluding steroid dienone is 1. The van der Waals surface area contributed by atoms with E-state index in [1.165, 1.54) is 14.7 Å². The van der Waals surface area contributed by atoms with E-state index in [0.717, 1.165) is 104 Å². The lowest BCUT2D eigenvalue weighted by molar-refractivity contribution is -0.118. The van der Waals surface area contributed by atoms with Gasteiger partial charge in [0.25, 0.3) is 29.5 Å². The number of anilines is 3. The van der Waals surface area contributed by atoms with Crippen LogP contribution in [-0.2, 0) is 4.79 Å². The van der Waals surface area contributed by atoms with E-state index in [0.29, 0.717) is 74.1 Å². The lowest BCUT2D eigenvalue weighted by Gasteiger charge is -2.41. The summed E-state index contributed by atoms with van der Waals surface area (Å²) in [5, 5.41) is 18.6. The van der Waals surface area contributed by atoms with Crippen LogP contribution in [0.4, 0.5) is 17.1 Å². The average Bonchev–Trinajstić information content (AvgIpc) is 0.702. The molecule has 3 heterocycles. The fraction of sp³-hybridized carbons (Fsp3) is 0.241. The summed E-state index contributed by atoms with van der Waals surface area (Å²) in [4.78, 5) is 96.4. The van der Waals surface area contributed by atoms with Gasteiger partial charge in [-0.1, -0.05) is 191 Å². The van der Waals surface area contributed by atoms with E-state index in [4.69, 9.17) is 0 Å². The van der Waals surface area contributed by atoms with Gasteiger partial charge in [0.2, 0.25) is 5.91 Å². The van der Waals surface area contributed by atoms with Gasteiger partial charge in [0.1, 0.15) is 0 Å². The first-order chi connectivity index (χ1) is 44.8. The van der Waals surface area contributed by atoms with Gasteiger partial charge in [-0.25, -0.2) is 14.7 Å². The van der Waals surface area contributed by atoms with E-state index in [-0.39, 0.29) is 65.1 Å². The molecule has 0 fully saturated rings. The molecule has 0 bridgehead atoms. The molecule has 11 aromatic carbocycles. The van der Waals surface area contributed by atoms with Gasteiger partial charge in [-0.3, -0.25) is 28.8 Å². The Balaban J connectivity index is 0.727. The summed E-state index contributed by atoms with van der Waals surface area (Å²) in [6.07, 6.45) is 5.33. The van der Waals surface area contributed by atoms with Crippen molar-refractivity contribution >= 4 is 106 Å². The van der Waals surface area contributed by atoms with E-state index in [2.05, 4.69) is 87.4 Å². The van der Waals surface area contributed by atoms with Crippen LogP contribution in [0.15, 0.2) is 158 Å². The van der Waals surface area contributed by atoms with Crippen LogP contribution < -0.4 is 14.7 Å². The third-order valence-electron chi connectivity index (χ3n) is 21.3. The van der Waals surface area contributed by atoms with Gasteiger partial charge in [-0.2, -0.15) is 5.26 Å². The van der Waals surface area contributed by atoms with Crippen molar-refractivity contribution in [3.8, 4) is 17.2 Å². The van der Waals surface area contributed by atoms with E-state index < -0.39 is 17.7 Å². The maximum atomic E-state index is 15.7. The van der Waals surface area contributed by atoms with Crippen LogP contribution in [0.1, 0.15) is 237 Å². The zero-order valence-corrected chi connectivity index (χ0v) is 53.8. The van der Waals surface area contributed by atoms with Gasteiger partial charge in [0.15, 0.2) is 0 Å². The summed E-state index contributed by atoms with van der Waals surface area (Å²) >= 11 is 0. The molecule has 5 aliphatic rings. The predicted molar refractivity (Wildman–Crippen MR) is 371 cm³/mol. The molecule has 2 aliphatic carbocycles. The van der Waals surface area contributed by atoms with Crippen molar-refractivity contribution < 1.29 is 28.8 Å². The molecule has 0 spiro atoms. The van der Waals surface area contributed by atoms with Gasteiger partial charge in [0, 0.05) is 49.9 Å². The highest BCUT2D eigenvalue weighted by Crippen LogP contribution is 2.56. The molecule has 456 valence electrons.